The van der Waals surface area contributed by atoms with Crippen LogP contribution in [0.3, 0.4) is 0 Å². The number of hydrogen-bond donors (Lipinski definition) is 2. The van der Waals surface area contributed by atoms with E-state index in [0.29, 0.717) is 0 Å². The lowest BCUT2D eigenvalue weighted by molar-refractivity contribution is 0.0925. The Bertz CT molecular complexity index is 886. The van der Waals surface area contributed by atoms with Crippen molar-refractivity contribution in [2.24, 2.45) is 5.92 Å². The summed E-state index contributed by atoms with van der Waals surface area (Å²) >= 11 is 0. The van der Waals surface area contributed by atoms with Gasteiger partial charge in [-0.1, -0.05) is 31.2 Å². The fourth-order valence-electron chi connectivity index (χ4n) is 3.15. The number of rotatable bonds is 4. The summed E-state index contributed by atoms with van der Waals surface area (Å²) < 4.78 is 31.0. The summed E-state index contributed by atoms with van der Waals surface area (Å²) in [5, 5.41) is 2.75. The van der Waals surface area contributed by atoms with E-state index in [1.54, 1.807) is 6.92 Å². The van der Waals surface area contributed by atoms with Gasteiger partial charge in [0.15, 0.2) is 0 Å². The number of benzene rings is 1. The molecule has 0 radical (unpaired) electrons. The molecule has 0 saturated heterocycles. The van der Waals surface area contributed by atoms with Crippen LogP contribution < -0.4 is 10.0 Å². The third-order valence-electron chi connectivity index (χ3n) is 4.46. The molecule has 2 atom stereocenters. The van der Waals surface area contributed by atoms with Crippen molar-refractivity contribution in [2.75, 3.05) is 7.05 Å². The van der Waals surface area contributed by atoms with Crippen molar-refractivity contribution in [1.82, 2.24) is 10.0 Å². The maximum Gasteiger partial charge on any atom is 0.273 e. The molecule has 0 bridgehead atoms. The van der Waals surface area contributed by atoms with Crippen LogP contribution in [0.2, 0.25) is 0 Å². The maximum atomic E-state index is 12.6. The Hall–Kier alpha value is -2.12. The molecule has 2 N–H and O–H groups in total. The molecule has 0 unspecified atom stereocenters. The number of hydrogen-bond acceptors (Lipinski definition) is 4. The van der Waals surface area contributed by atoms with E-state index in [0.717, 1.165) is 12.0 Å². The Morgan fingerprint density at radius 3 is 2.71 bits per heavy atom. The molecule has 3 rings (SSSR count). The number of aryl methyl sites for hydroxylation is 1. The summed E-state index contributed by atoms with van der Waals surface area (Å²) in [5.74, 6) is 0.224. The Morgan fingerprint density at radius 1 is 1.29 bits per heavy atom. The minimum Gasteiger partial charge on any atom is -0.448 e. The van der Waals surface area contributed by atoms with Crippen molar-refractivity contribution in [2.45, 2.75) is 31.4 Å². The van der Waals surface area contributed by atoms with Gasteiger partial charge in [-0.05, 0) is 37.4 Å². The van der Waals surface area contributed by atoms with E-state index in [4.69, 9.17) is 4.42 Å². The minimum absolute atomic E-state index is 0.0904. The molecular weight excluding hydrogens is 328 g/mol. The molecule has 6 nitrogen and oxygen atoms in total. The van der Waals surface area contributed by atoms with Crippen LogP contribution in [0.25, 0.3) is 0 Å². The molecule has 0 fully saturated rings. The summed E-state index contributed by atoms with van der Waals surface area (Å²) in [6.07, 6.45) is 0.908. The van der Waals surface area contributed by atoms with Gasteiger partial charge in [0, 0.05) is 6.07 Å². The lowest BCUT2D eigenvalue weighted by Crippen LogP contribution is -2.30. The molecule has 7 heteroatoms. The Kier molecular flexibility index (Phi) is 4.23. The monoisotopic (exact) mass is 348 g/mol. The first-order valence-electron chi connectivity index (χ1n) is 7.76. The van der Waals surface area contributed by atoms with Gasteiger partial charge < -0.3 is 9.73 Å². The first-order chi connectivity index (χ1) is 11.3. The van der Waals surface area contributed by atoms with Crippen LogP contribution in [0.4, 0.5) is 0 Å². The molecule has 2 aromatic rings. The van der Waals surface area contributed by atoms with Gasteiger partial charge in [0.05, 0.1) is 11.6 Å². The molecule has 1 aromatic heterocycles. The largest absolute Gasteiger partial charge is 0.448 e. The molecule has 24 heavy (non-hydrogen) atoms. The summed E-state index contributed by atoms with van der Waals surface area (Å²) in [6, 6.07) is 9.21. The Labute approximate surface area is 141 Å². The first-order valence-corrected chi connectivity index (χ1v) is 9.24. The van der Waals surface area contributed by atoms with E-state index >= 15 is 0 Å². The van der Waals surface area contributed by atoms with Crippen molar-refractivity contribution in [1.29, 1.82) is 0 Å². The topological polar surface area (TPSA) is 88.4 Å². The van der Waals surface area contributed by atoms with E-state index in [9.17, 15) is 13.2 Å². The third kappa shape index (κ3) is 2.85. The van der Waals surface area contributed by atoms with Gasteiger partial charge in [-0.3, -0.25) is 4.79 Å². The van der Waals surface area contributed by atoms with Crippen LogP contribution in [-0.4, -0.2) is 21.4 Å². The summed E-state index contributed by atoms with van der Waals surface area (Å²) in [6.45, 7) is 3.67. The van der Waals surface area contributed by atoms with Crippen LogP contribution in [-0.2, 0) is 16.4 Å². The quantitative estimate of drug-likeness (QED) is 0.886. The van der Waals surface area contributed by atoms with Crippen molar-refractivity contribution >= 4 is 15.9 Å². The van der Waals surface area contributed by atoms with Crippen LogP contribution in [0.1, 0.15) is 40.2 Å². The zero-order valence-electron chi connectivity index (χ0n) is 13.8. The van der Waals surface area contributed by atoms with Gasteiger partial charge in [0.25, 0.3) is 15.9 Å². The fourth-order valence-corrected chi connectivity index (χ4v) is 3.86. The summed E-state index contributed by atoms with van der Waals surface area (Å²) in [4.78, 5) is 12.6. The van der Waals surface area contributed by atoms with E-state index < -0.39 is 10.0 Å². The van der Waals surface area contributed by atoms with Crippen molar-refractivity contribution in [3.05, 3.63) is 52.8 Å². The number of nitrogens with one attached hydrogen (secondary N) is 2. The molecule has 0 saturated carbocycles. The number of furan rings is 1. The highest BCUT2D eigenvalue weighted by Gasteiger charge is 2.31. The molecule has 1 amide bonds. The van der Waals surface area contributed by atoms with Crippen LogP contribution in [0, 0.1) is 12.8 Å². The zero-order chi connectivity index (χ0) is 17.5. The molecule has 0 spiro atoms. The number of amides is 1. The second-order valence-electron chi connectivity index (χ2n) is 6.07. The highest BCUT2D eigenvalue weighted by Crippen LogP contribution is 2.36. The van der Waals surface area contributed by atoms with E-state index in [1.165, 1.54) is 18.7 Å². The smallest absolute Gasteiger partial charge is 0.273 e. The number of fused-ring (bicyclic) bond motifs is 1. The predicted molar refractivity (Wildman–Crippen MR) is 89.2 cm³/mol. The van der Waals surface area contributed by atoms with Crippen molar-refractivity contribution < 1.29 is 17.6 Å². The number of carbonyl (C=O) groups excluding carboxylic acids is 1. The van der Waals surface area contributed by atoms with Crippen LogP contribution in [0.15, 0.2) is 39.8 Å². The summed E-state index contributed by atoms with van der Waals surface area (Å²) in [7, 11) is -2.42. The standard InChI is InChI=1S/C17H20N2O4S/c1-10-8-12-6-4-5-7-13(12)16(10)19-17(20)14-9-15(23-11(14)2)24(21,22)18-3/h4-7,9-10,16,18H,8H2,1-3H3,(H,19,20)/t10-,16-/m1/s1. The van der Waals surface area contributed by atoms with E-state index in [2.05, 4.69) is 23.0 Å². The lowest BCUT2D eigenvalue weighted by atomic mass is 10.0. The average Bonchev–Trinajstić information content (AvgIpc) is 3.09. The molecular formula is C17H20N2O4S. The lowest BCUT2D eigenvalue weighted by Gasteiger charge is -2.18. The molecule has 1 aliphatic rings. The van der Waals surface area contributed by atoms with E-state index in [1.807, 2.05) is 18.2 Å². The summed E-state index contributed by atoms with van der Waals surface area (Å²) in [5.41, 5.74) is 2.58. The number of sulfonamides is 1. The van der Waals surface area contributed by atoms with Crippen molar-refractivity contribution in [3.63, 3.8) is 0 Å². The SMILES string of the molecule is CNS(=O)(=O)c1cc(C(=O)N[C@H]2c3ccccc3C[C@H]2C)c(C)o1. The first kappa shape index (κ1) is 16.7. The normalized spacial score (nSPS) is 20.0. The predicted octanol–water partition coefficient (Wildman–Crippen LogP) is 2.16. The molecule has 128 valence electrons. The minimum atomic E-state index is -3.72. The van der Waals surface area contributed by atoms with E-state index in [-0.39, 0.29) is 34.3 Å². The number of carbonyl (C=O) groups is 1. The second-order valence-corrected chi connectivity index (χ2v) is 7.89. The third-order valence-corrected chi connectivity index (χ3v) is 5.73. The van der Waals surface area contributed by atoms with Gasteiger partial charge in [-0.25, -0.2) is 13.1 Å². The van der Waals surface area contributed by atoms with Gasteiger partial charge in [-0.15, -0.1) is 0 Å². The Morgan fingerprint density at radius 2 is 2.00 bits per heavy atom. The van der Waals surface area contributed by atoms with Crippen molar-refractivity contribution in [3.8, 4) is 0 Å². The second kappa shape index (κ2) is 6.07. The van der Waals surface area contributed by atoms with Gasteiger partial charge in [0.1, 0.15) is 5.76 Å². The fraction of sp³-hybridized carbons (Fsp3) is 0.353. The maximum absolute atomic E-state index is 12.6. The van der Waals surface area contributed by atoms with Gasteiger partial charge in [-0.2, -0.15) is 0 Å². The average molecular weight is 348 g/mol. The Balaban J connectivity index is 1.86. The van der Waals surface area contributed by atoms with Crippen LogP contribution in [0.5, 0.6) is 0 Å². The molecule has 1 aliphatic carbocycles. The molecule has 0 aliphatic heterocycles. The highest BCUT2D eigenvalue weighted by atomic mass is 32.2. The molecule has 1 aromatic carbocycles. The molecule has 1 heterocycles. The van der Waals surface area contributed by atoms with Crippen LogP contribution >= 0.6 is 0 Å². The highest BCUT2D eigenvalue weighted by molar-refractivity contribution is 7.89. The zero-order valence-corrected chi connectivity index (χ0v) is 14.6. The van der Waals surface area contributed by atoms with Gasteiger partial charge in [0.2, 0.25) is 5.09 Å². The van der Waals surface area contributed by atoms with Gasteiger partial charge >= 0.3 is 0 Å².